The molecular weight excluding hydrogens is 580 g/mol. The third kappa shape index (κ3) is 14.2. The number of carbonyl (C=O) groups excluding carboxylic acids is 3. The molecule has 240 valence electrons. The van der Waals surface area contributed by atoms with Gasteiger partial charge in [-0.3, -0.25) is 19.4 Å². The minimum absolute atomic E-state index is 0.0199. The molecule has 0 aliphatic heterocycles. The first-order valence-electron chi connectivity index (χ1n) is 14.0. The summed E-state index contributed by atoms with van der Waals surface area (Å²) in [6, 6.07) is 2.86. The Morgan fingerprint density at radius 3 is 2.26 bits per heavy atom. The van der Waals surface area contributed by atoms with E-state index in [2.05, 4.69) is 20.3 Å². The fourth-order valence-corrected chi connectivity index (χ4v) is 5.06. The first-order chi connectivity index (χ1) is 20.2. The van der Waals surface area contributed by atoms with Crippen molar-refractivity contribution in [1.29, 1.82) is 0 Å². The van der Waals surface area contributed by atoms with Gasteiger partial charge in [0.1, 0.15) is 12.1 Å². The monoisotopic (exact) mass is 624 g/mol. The van der Waals surface area contributed by atoms with Crippen LogP contribution < -0.4 is 26.8 Å². The molecule has 1 aromatic rings. The molecule has 0 bridgehead atoms. The Morgan fingerprint density at radius 2 is 1.70 bits per heavy atom. The summed E-state index contributed by atoms with van der Waals surface area (Å²) in [6.45, 7) is 7.26. The summed E-state index contributed by atoms with van der Waals surface area (Å²) >= 11 is 0. The van der Waals surface area contributed by atoms with Crippen LogP contribution >= 0.6 is 0 Å². The van der Waals surface area contributed by atoms with Gasteiger partial charge in [0.2, 0.25) is 21.8 Å². The molecule has 0 aromatic heterocycles. The van der Waals surface area contributed by atoms with Crippen LogP contribution in [0.25, 0.3) is 0 Å². The number of amides is 2. The lowest BCUT2D eigenvalue weighted by atomic mass is 9.97. The standard InChI is InChI=1S/C28H44N6O8S/c1-5-19(4)25(27(39)32-20(11-15-23(35)36)12-16-24(37)42-6-2)33-26(38)22(8-7-17-31-28(29)30)34-43(40,41)21-13-9-18(3)10-14-21/h9-10,12-14,16,19-20,22,25,34H,5-8,11,15,17H2,1-4H3,(H,32,39)(H,33,38)(H,35,36)(H4,29,30,31)/b16-12+/t19?,20-,22-,25-/m0/s1. The van der Waals surface area contributed by atoms with Crippen LogP contribution in [0, 0.1) is 12.8 Å². The van der Waals surface area contributed by atoms with Gasteiger partial charge in [-0.1, -0.05) is 44.0 Å². The van der Waals surface area contributed by atoms with E-state index < -0.39 is 57.8 Å². The van der Waals surface area contributed by atoms with E-state index in [1.807, 2.05) is 13.8 Å². The number of nitrogens with zero attached hydrogens (tertiary/aromatic N) is 1. The van der Waals surface area contributed by atoms with Gasteiger partial charge in [-0.25, -0.2) is 13.2 Å². The quantitative estimate of drug-likeness (QED) is 0.0414. The maximum Gasteiger partial charge on any atom is 0.330 e. The summed E-state index contributed by atoms with van der Waals surface area (Å²) in [7, 11) is -4.12. The highest BCUT2D eigenvalue weighted by atomic mass is 32.2. The Morgan fingerprint density at radius 1 is 1.05 bits per heavy atom. The van der Waals surface area contributed by atoms with Crippen molar-refractivity contribution >= 4 is 39.7 Å². The van der Waals surface area contributed by atoms with Crippen LogP contribution in [0.15, 0.2) is 46.3 Å². The number of carboxylic acid groups (broad SMARTS) is 1. The van der Waals surface area contributed by atoms with Gasteiger partial charge >= 0.3 is 11.9 Å². The van der Waals surface area contributed by atoms with Gasteiger partial charge in [0.05, 0.1) is 11.5 Å². The lowest BCUT2D eigenvalue weighted by Gasteiger charge is -2.28. The average molecular weight is 625 g/mol. The lowest BCUT2D eigenvalue weighted by Crippen LogP contribution is -2.56. The van der Waals surface area contributed by atoms with Crippen molar-refractivity contribution in [1.82, 2.24) is 15.4 Å². The molecule has 1 aromatic carbocycles. The smallest absolute Gasteiger partial charge is 0.330 e. The third-order valence-corrected chi connectivity index (χ3v) is 7.92. The number of hydrogen-bond donors (Lipinski definition) is 6. The number of carboxylic acids is 1. The normalized spacial score (nSPS) is 14.2. The number of nitrogens with two attached hydrogens (primary N) is 2. The third-order valence-electron chi connectivity index (χ3n) is 6.43. The second kappa shape index (κ2) is 18.5. The number of esters is 1. The van der Waals surface area contributed by atoms with E-state index in [1.165, 1.54) is 18.2 Å². The fraction of sp³-hybridized carbons (Fsp3) is 0.536. The van der Waals surface area contributed by atoms with E-state index in [9.17, 15) is 27.6 Å². The highest BCUT2D eigenvalue weighted by molar-refractivity contribution is 7.89. The fourth-order valence-electron chi connectivity index (χ4n) is 3.83. The van der Waals surface area contributed by atoms with Gasteiger partial charge in [-0.05, 0) is 51.2 Å². The summed E-state index contributed by atoms with van der Waals surface area (Å²) in [4.78, 5) is 53.7. The first-order valence-corrected chi connectivity index (χ1v) is 15.5. The van der Waals surface area contributed by atoms with Gasteiger partial charge in [0, 0.05) is 25.1 Å². The van der Waals surface area contributed by atoms with E-state index in [1.54, 1.807) is 26.0 Å². The number of nitrogens with one attached hydrogen (secondary N) is 3. The van der Waals surface area contributed by atoms with Crippen LogP contribution in [0.5, 0.6) is 0 Å². The molecule has 0 radical (unpaired) electrons. The van der Waals surface area contributed by atoms with Gasteiger partial charge in [0.15, 0.2) is 5.96 Å². The van der Waals surface area contributed by atoms with Crippen LogP contribution in [-0.2, 0) is 33.9 Å². The molecule has 0 fully saturated rings. The van der Waals surface area contributed by atoms with Crippen molar-refractivity contribution in [3.8, 4) is 0 Å². The Balaban J connectivity index is 3.23. The minimum Gasteiger partial charge on any atom is -0.481 e. The number of hydrogen-bond acceptors (Lipinski definition) is 8. The molecule has 1 rings (SSSR count). The molecule has 43 heavy (non-hydrogen) atoms. The molecule has 1 unspecified atom stereocenters. The van der Waals surface area contributed by atoms with E-state index in [0.717, 1.165) is 11.6 Å². The zero-order valence-electron chi connectivity index (χ0n) is 25.0. The van der Waals surface area contributed by atoms with Crippen LogP contribution in [-0.4, -0.2) is 74.5 Å². The molecule has 0 heterocycles. The topological polar surface area (TPSA) is 232 Å². The van der Waals surface area contributed by atoms with Crippen molar-refractivity contribution in [2.45, 2.75) is 82.8 Å². The zero-order valence-corrected chi connectivity index (χ0v) is 25.9. The Kier molecular flexibility index (Phi) is 16.0. The van der Waals surface area contributed by atoms with Crippen LogP contribution in [0.2, 0.25) is 0 Å². The van der Waals surface area contributed by atoms with E-state index in [0.29, 0.717) is 6.42 Å². The van der Waals surface area contributed by atoms with Crippen molar-refractivity contribution in [3.63, 3.8) is 0 Å². The number of aliphatic imine (C=N–C) groups is 1. The summed E-state index contributed by atoms with van der Waals surface area (Å²) < 4.78 is 33.5. The number of guanidine groups is 1. The summed E-state index contributed by atoms with van der Waals surface area (Å²) in [5.41, 5.74) is 11.6. The van der Waals surface area contributed by atoms with Gasteiger partial charge in [0.25, 0.3) is 0 Å². The molecule has 0 saturated heterocycles. The molecule has 15 heteroatoms. The van der Waals surface area contributed by atoms with Crippen molar-refractivity contribution < 1.29 is 37.4 Å². The molecule has 8 N–H and O–H groups in total. The van der Waals surface area contributed by atoms with Gasteiger partial charge in [-0.15, -0.1) is 0 Å². The van der Waals surface area contributed by atoms with E-state index in [-0.39, 0.29) is 49.7 Å². The molecule has 0 spiro atoms. The number of carbonyl (C=O) groups is 4. The summed E-state index contributed by atoms with van der Waals surface area (Å²) in [5.74, 6) is -3.68. The van der Waals surface area contributed by atoms with Crippen LogP contribution in [0.3, 0.4) is 0 Å². The van der Waals surface area contributed by atoms with Gasteiger partial charge in [-0.2, -0.15) is 4.72 Å². The molecular formula is C28H44N6O8S. The Bertz CT molecular complexity index is 1250. The van der Waals surface area contributed by atoms with Crippen LogP contribution in [0.1, 0.15) is 58.4 Å². The Labute approximate surface area is 252 Å². The SMILES string of the molecule is CCOC(=O)/C=C/[C@H](CCC(=O)O)NC(=O)[C@@H](NC(=O)[C@H](CCCN=C(N)N)NS(=O)(=O)c1ccc(C)cc1)C(C)CC. The van der Waals surface area contributed by atoms with Crippen molar-refractivity contribution in [3.05, 3.63) is 42.0 Å². The average Bonchev–Trinajstić information content (AvgIpc) is 2.94. The van der Waals surface area contributed by atoms with Gasteiger partial charge < -0.3 is 31.9 Å². The molecule has 0 aliphatic carbocycles. The Hall–Kier alpha value is -3.98. The first kappa shape index (κ1) is 37.0. The second-order valence-electron chi connectivity index (χ2n) is 9.97. The molecule has 0 saturated carbocycles. The van der Waals surface area contributed by atoms with E-state index in [4.69, 9.17) is 21.3 Å². The number of benzene rings is 1. The summed E-state index contributed by atoms with van der Waals surface area (Å²) in [5, 5.41) is 14.5. The zero-order chi connectivity index (χ0) is 32.6. The molecule has 0 aliphatic rings. The van der Waals surface area contributed by atoms with E-state index >= 15 is 0 Å². The number of ether oxygens (including phenoxy) is 1. The molecule has 2 amide bonds. The predicted octanol–water partition coefficient (Wildman–Crippen LogP) is 0.695. The number of sulfonamides is 1. The second-order valence-corrected chi connectivity index (χ2v) is 11.7. The van der Waals surface area contributed by atoms with Crippen LogP contribution in [0.4, 0.5) is 0 Å². The lowest BCUT2D eigenvalue weighted by molar-refractivity contribution is -0.138. The maximum atomic E-state index is 13.5. The predicted molar refractivity (Wildman–Crippen MR) is 161 cm³/mol. The number of aryl methyl sites for hydroxylation is 1. The van der Waals surface area contributed by atoms with Crippen molar-refractivity contribution in [2.24, 2.45) is 22.4 Å². The number of aliphatic carboxylic acids is 1. The highest BCUT2D eigenvalue weighted by Gasteiger charge is 2.32. The minimum atomic E-state index is -4.12. The maximum absolute atomic E-state index is 13.5. The highest BCUT2D eigenvalue weighted by Crippen LogP contribution is 2.14. The summed E-state index contributed by atoms with van der Waals surface area (Å²) in [6.07, 6.45) is 2.85. The number of rotatable bonds is 19. The molecule has 14 nitrogen and oxygen atoms in total. The molecule has 4 atom stereocenters. The van der Waals surface area contributed by atoms with Crippen molar-refractivity contribution in [2.75, 3.05) is 13.2 Å². The largest absolute Gasteiger partial charge is 0.481 e.